The first-order valence-electron chi connectivity index (χ1n) is 10.6. The first-order valence-corrected chi connectivity index (χ1v) is 10.6. The lowest BCUT2D eigenvalue weighted by Crippen LogP contribution is -2.40. The lowest BCUT2D eigenvalue weighted by Gasteiger charge is -2.25. The Hall–Kier alpha value is -3.38. The van der Waals surface area contributed by atoms with Gasteiger partial charge in [-0.25, -0.2) is 4.79 Å². The molecule has 0 aliphatic heterocycles. The molecule has 3 unspecified atom stereocenters. The minimum absolute atomic E-state index is 0.00702. The van der Waals surface area contributed by atoms with Crippen LogP contribution in [0.3, 0.4) is 0 Å². The molecule has 0 spiro atoms. The second kappa shape index (κ2) is 8.40. The highest BCUT2D eigenvalue weighted by Crippen LogP contribution is 2.30. The van der Waals surface area contributed by atoms with Crippen molar-refractivity contribution in [1.29, 1.82) is 5.26 Å². The molecule has 1 fully saturated rings. The van der Waals surface area contributed by atoms with Gasteiger partial charge in [0.05, 0.1) is 17.7 Å². The Kier molecular flexibility index (Phi) is 5.65. The summed E-state index contributed by atoms with van der Waals surface area (Å²) in [6, 6.07) is 9.11. The van der Waals surface area contributed by atoms with E-state index in [1.54, 1.807) is 23.7 Å². The molecule has 3 atom stereocenters. The number of hydrogen-bond donors (Lipinski definition) is 3. The van der Waals surface area contributed by atoms with Gasteiger partial charge in [-0.2, -0.15) is 10.2 Å². The number of rotatable bonds is 4. The molecule has 1 aliphatic rings. The van der Waals surface area contributed by atoms with Crippen LogP contribution in [-0.2, 0) is 7.05 Å². The van der Waals surface area contributed by atoms with Crippen LogP contribution in [0.5, 0.6) is 0 Å². The van der Waals surface area contributed by atoms with Gasteiger partial charge in [0.25, 0.3) is 5.56 Å². The van der Waals surface area contributed by atoms with Crippen LogP contribution in [-0.4, -0.2) is 31.2 Å². The number of nitrogens with one attached hydrogen (secondary N) is 2. The predicted octanol–water partition coefficient (Wildman–Crippen LogP) is 1.98. The zero-order valence-electron chi connectivity index (χ0n) is 17.8. The molecule has 0 bridgehead atoms. The summed E-state index contributed by atoms with van der Waals surface area (Å²) in [5.41, 5.74) is 7.26. The highest BCUT2D eigenvalue weighted by Gasteiger charge is 2.27. The van der Waals surface area contributed by atoms with Gasteiger partial charge in [0, 0.05) is 19.1 Å². The molecule has 4 N–H and O–H groups in total. The van der Waals surface area contributed by atoms with Gasteiger partial charge < -0.3 is 11.1 Å². The summed E-state index contributed by atoms with van der Waals surface area (Å²) in [7, 11) is 1.58. The van der Waals surface area contributed by atoms with E-state index in [2.05, 4.69) is 21.4 Å². The van der Waals surface area contributed by atoms with Crippen molar-refractivity contribution in [3.05, 3.63) is 56.2 Å². The van der Waals surface area contributed by atoms with E-state index in [4.69, 9.17) is 5.73 Å². The first kappa shape index (κ1) is 20.9. The predicted molar refractivity (Wildman–Crippen MR) is 119 cm³/mol. The minimum atomic E-state index is -0.523. The second-order valence-corrected chi connectivity index (χ2v) is 8.22. The summed E-state index contributed by atoms with van der Waals surface area (Å²) in [5.74, 6) is 0.476. The standard InChI is InChI=1S/C22H27N7O2/c1-13(15-9-7-6-8-14(15)12-23)29-18-19(28(2)22(31)27-20(18)30)26-21(29)25-17-11-5-3-4-10-16(17)24/h6-9,13,16-17H,3-5,10-11,24H2,1-2H3,(H,25,26)(H,27,30,31). The molecule has 2 heterocycles. The van der Waals surface area contributed by atoms with Gasteiger partial charge in [0.1, 0.15) is 0 Å². The van der Waals surface area contributed by atoms with Crippen LogP contribution in [0.25, 0.3) is 11.2 Å². The highest BCUT2D eigenvalue weighted by atomic mass is 16.2. The molecule has 3 aromatic rings. The normalized spacial score (nSPS) is 20.2. The van der Waals surface area contributed by atoms with Gasteiger partial charge in [0.15, 0.2) is 11.2 Å². The molecule has 0 saturated heterocycles. The summed E-state index contributed by atoms with van der Waals surface area (Å²) in [6.45, 7) is 1.92. The number of imidazole rings is 1. The number of nitrogens with two attached hydrogens (primary N) is 1. The lowest BCUT2D eigenvalue weighted by molar-refractivity contribution is 0.519. The van der Waals surface area contributed by atoms with E-state index < -0.39 is 11.2 Å². The smallest absolute Gasteiger partial charge is 0.329 e. The number of aryl methyl sites for hydroxylation is 1. The number of benzene rings is 1. The Morgan fingerprint density at radius 3 is 2.77 bits per heavy atom. The van der Waals surface area contributed by atoms with E-state index in [0.29, 0.717) is 17.2 Å². The van der Waals surface area contributed by atoms with Crippen molar-refractivity contribution in [3.63, 3.8) is 0 Å². The lowest BCUT2D eigenvalue weighted by atomic mass is 10.0. The van der Waals surface area contributed by atoms with E-state index in [-0.39, 0.29) is 23.6 Å². The van der Waals surface area contributed by atoms with E-state index in [9.17, 15) is 14.9 Å². The molecule has 31 heavy (non-hydrogen) atoms. The Bertz CT molecular complexity index is 1260. The fraction of sp³-hybridized carbons (Fsp3) is 0.455. The van der Waals surface area contributed by atoms with Crippen molar-refractivity contribution in [1.82, 2.24) is 19.1 Å². The fourth-order valence-corrected chi connectivity index (χ4v) is 4.46. The van der Waals surface area contributed by atoms with Crippen LogP contribution in [0.1, 0.15) is 56.2 Å². The molecule has 9 heteroatoms. The summed E-state index contributed by atoms with van der Waals surface area (Å²) in [5, 5.41) is 13.1. The van der Waals surface area contributed by atoms with Crippen molar-refractivity contribution in [2.45, 2.75) is 57.2 Å². The quantitative estimate of drug-likeness (QED) is 0.551. The number of nitrogens with zero attached hydrogens (tertiary/aromatic N) is 4. The van der Waals surface area contributed by atoms with Crippen molar-refractivity contribution in [3.8, 4) is 6.07 Å². The van der Waals surface area contributed by atoms with Crippen LogP contribution in [0, 0.1) is 11.3 Å². The Balaban J connectivity index is 1.92. The van der Waals surface area contributed by atoms with E-state index in [1.165, 1.54) is 4.57 Å². The third kappa shape index (κ3) is 3.75. The Labute approximate surface area is 179 Å². The monoisotopic (exact) mass is 421 g/mol. The number of fused-ring (bicyclic) bond motifs is 1. The summed E-state index contributed by atoms with van der Waals surface area (Å²) >= 11 is 0. The summed E-state index contributed by atoms with van der Waals surface area (Å²) in [4.78, 5) is 32.0. The number of aromatic nitrogens is 4. The van der Waals surface area contributed by atoms with Crippen molar-refractivity contribution in [2.24, 2.45) is 12.8 Å². The zero-order valence-corrected chi connectivity index (χ0v) is 17.8. The van der Waals surface area contributed by atoms with Gasteiger partial charge in [-0.15, -0.1) is 0 Å². The summed E-state index contributed by atoms with van der Waals surface area (Å²) in [6.07, 6.45) is 5.13. The van der Waals surface area contributed by atoms with Gasteiger partial charge >= 0.3 is 5.69 Å². The van der Waals surface area contributed by atoms with Crippen LogP contribution < -0.4 is 22.3 Å². The molecule has 2 aromatic heterocycles. The molecule has 4 rings (SSSR count). The molecule has 1 saturated carbocycles. The molecule has 0 radical (unpaired) electrons. The average molecular weight is 422 g/mol. The van der Waals surface area contributed by atoms with Crippen LogP contribution in [0.4, 0.5) is 5.95 Å². The van der Waals surface area contributed by atoms with Crippen LogP contribution in [0.15, 0.2) is 33.9 Å². The Morgan fingerprint density at radius 1 is 1.26 bits per heavy atom. The van der Waals surface area contributed by atoms with Crippen molar-refractivity contribution >= 4 is 17.1 Å². The van der Waals surface area contributed by atoms with E-state index in [1.807, 2.05) is 19.1 Å². The maximum absolute atomic E-state index is 12.8. The van der Waals surface area contributed by atoms with Crippen molar-refractivity contribution in [2.75, 3.05) is 5.32 Å². The minimum Gasteiger partial charge on any atom is -0.351 e. The molecule has 162 valence electrons. The number of aromatic amines is 1. The van der Waals surface area contributed by atoms with Gasteiger partial charge in [-0.3, -0.25) is 18.9 Å². The zero-order chi connectivity index (χ0) is 22.1. The molecule has 0 amide bonds. The van der Waals surface area contributed by atoms with Gasteiger partial charge in [-0.05, 0) is 31.4 Å². The number of H-pyrrole nitrogens is 1. The maximum Gasteiger partial charge on any atom is 0.329 e. The maximum atomic E-state index is 12.8. The van der Waals surface area contributed by atoms with E-state index in [0.717, 1.165) is 37.7 Å². The van der Waals surface area contributed by atoms with Crippen LogP contribution >= 0.6 is 0 Å². The molecular weight excluding hydrogens is 394 g/mol. The fourth-order valence-electron chi connectivity index (χ4n) is 4.46. The highest BCUT2D eigenvalue weighted by molar-refractivity contribution is 5.75. The number of hydrogen-bond acceptors (Lipinski definition) is 6. The first-order chi connectivity index (χ1) is 14.9. The van der Waals surface area contributed by atoms with Gasteiger partial charge in [0.2, 0.25) is 5.95 Å². The third-order valence-corrected chi connectivity index (χ3v) is 6.25. The SMILES string of the molecule is CC(c1ccccc1C#N)n1c(NC2CCCCCC2N)nc2c1c(=O)[nH]c(=O)n2C. The number of nitriles is 1. The van der Waals surface area contributed by atoms with Crippen LogP contribution in [0.2, 0.25) is 0 Å². The topological polar surface area (TPSA) is 135 Å². The van der Waals surface area contributed by atoms with E-state index >= 15 is 0 Å². The van der Waals surface area contributed by atoms with Gasteiger partial charge in [-0.1, -0.05) is 37.5 Å². The second-order valence-electron chi connectivity index (χ2n) is 8.22. The molecule has 1 aromatic carbocycles. The summed E-state index contributed by atoms with van der Waals surface area (Å²) < 4.78 is 3.11. The molecule has 9 nitrogen and oxygen atoms in total. The molecular formula is C22H27N7O2. The van der Waals surface area contributed by atoms with Crippen molar-refractivity contribution < 1.29 is 0 Å². The third-order valence-electron chi connectivity index (χ3n) is 6.25. The molecule has 1 aliphatic carbocycles. The Morgan fingerprint density at radius 2 is 2.00 bits per heavy atom. The number of anilines is 1. The largest absolute Gasteiger partial charge is 0.351 e. The average Bonchev–Trinajstić information content (AvgIpc) is 3.03.